The first-order valence-corrected chi connectivity index (χ1v) is 10.7. The number of hydrogen-bond donors (Lipinski definition) is 1. The summed E-state index contributed by atoms with van der Waals surface area (Å²) >= 11 is 0. The molecular formula is C18H25N3O5S. The van der Waals surface area contributed by atoms with E-state index in [9.17, 15) is 18.0 Å². The highest BCUT2D eigenvalue weighted by molar-refractivity contribution is 7.89. The maximum atomic E-state index is 12.4. The van der Waals surface area contributed by atoms with Gasteiger partial charge in [0, 0.05) is 26.2 Å². The fourth-order valence-corrected chi connectivity index (χ4v) is 4.30. The van der Waals surface area contributed by atoms with E-state index in [1.54, 1.807) is 21.9 Å². The third-order valence-electron chi connectivity index (χ3n) is 4.97. The van der Waals surface area contributed by atoms with Gasteiger partial charge in [-0.3, -0.25) is 9.59 Å². The van der Waals surface area contributed by atoms with E-state index in [0.29, 0.717) is 31.9 Å². The number of rotatable bonds is 7. The van der Waals surface area contributed by atoms with E-state index in [1.165, 1.54) is 25.0 Å². The van der Waals surface area contributed by atoms with Gasteiger partial charge in [-0.2, -0.15) is 0 Å². The topological polar surface area (TPSA) is 96.0 Å². The number of nitrogens with one attached hydrogen (secondary N) is 1. The Morgan fingerprint density at radius 2 is 1.74 bits per heavy atom. The van der Waals surface area contributed by atoms with E-state index in [-0.39, 0.29) is 23.5 Å². The number of hydrogen-bond acceptors (Lipinski definition) is 5. The van der Waals surface area contributed by atoms with Crippen LogP contribution in [0.2, 0.25) is 0 Å². The first kappa shape index (κ1) is 19.6. The van der Waals surface area contributed by atoms with Crippen LogP contribution >= 0.6 is 0 Å². The highest BCUT2D eigenvalue weighted by atomic mass is 32.2. The smallest absolute Gasteiger partial charge is 0.241 e. The fourth-order valence-electron chi connectivity index (χ4n) is 3.32. The summed E-state index contributed by atoms with van der Waals surface area (Å²) in [6, 6.07) is 6.26. The van der Waals surface area contributed by atoms with Gasteiger partial charge in [0.15, 0.2) is 0 Å². The Morgan fingerprint density at radius 1 is 1.11 bits per heavy atom. The van der Waals surface area contributed by atoms with Gasteiger partial charge in [0.05, 0.1) is 17.5 Å². The minimum atomic E-state index is -3.77. The van der Waals surface area contributed by atoms with Crippen molar-refractivity contribution in [1.82, 2.24) is 14.5 Å². The highest BCUT2D eigenvalue weighted by Crippen LogP contribution is 2.24. The van der Waals surface area contributed by atoms with E-state index < -0.39 is 10.0 Å². The number of ether oxygens (including phenoxy) is 1. The Hall–Kier alpha value is -2.13. The van der Waals surface area contributed by atoms with Crippen molar-refractivity contribution >= 4 is 22.3 Å². The molecule has 1 aromatic rings. The number of carbonyl (C=O) groups excluding carboxylic acids is 2. The van der Waals surface area contributed by atoms with E-state index in [4.69, 9.17) is 4.74 Å². The summed E-state index contributed by atoms with van der Waals surface area (Å²) in [5, 5.41) is 0. The van der Waals surface area contributed by atoms with Crippen LogP contribution in [0.5, 0.6) is 5.75 Å². The molecule has 0 spiro atoms. The molecule has 0 radical (unpaired) electrons. The predicted molar refractivity (Wildman–Crippen MR) is 98.7 cm³/mol. The molecule has 0 unspecified atom stereocenters. The third-order valence-corrected chi connectivity index (χ3v) is 6.39. The molecule has 2 aliphatic rings. The van der Waals surface area contributed by atoms with Crippen molar-refractivity contribution in [3.8, 4) is 5.75 Å². The second kappa shape index (κ2) is 8.71. The molecule has 2 amide bonds. The molecule has 1 aromatic carbocycles. The Labute approximate surface area is 159 Å². The van der Waals surface area contributed by atoms with Gasteiger partial charge in [-0.25, -0.2) is 13.1 Å². The van der Waals surface area contributed by atoms with Crippen LogP contribution in [0.4, 0.5) is 0 Å². The lowest BCUT2D eigenvalue weighted by Crippen LogP contribution is -2.50. The van der Waals surface area contributed by atoms with E-state index in [0.717, 1.165) is 19.3 Å². The normalized spacial score (nSPS) is 18.5. The lowest BCUT2D eigenvalue weighted by Gasteiger charge is -2.32. The molecule has 8 nitrogen and oxygen atoms in total. The summed E-state index contributed by atoms with van der Waals surface area (Å²) in [4.78, 5) is 26.1. The molecular weight excluding hydrogens is 370 g/mol. The zero-order valence-corrected chi connectivity index (χ0v) is 16.0. The lowest BCUT2D eigenvalue weighted by atomic mass is 10.3. The van der Waals surface area contributed by atoms with Crippen LogP contribution in [-0.4, -0.2) is 69.4 Å². The summed E-state index contributed by atoms with van der Waals surface area (Å²) in [5.41, 5.74) is 0. The molecule has 1 heterocycles. The van der Waals surface area contributed by atoms with Crippen LogP contribution in [0.15, 0.2) is 29.2 Å². The quantitative estimate of drug-likeness (QED) is 0.682. The van der Waals surface area contributed by atoms with Gasteiger partial charge in [0.25, 0.3) is 0 Å². The van der Waals surface area contributed by atoms with Crippen molar-refractivity contribution in [3.63, 3.8) is 0 Å². The first-order valence-electron chi connectivity index (χ1n) is 9.21. The largest absolute Gasteiger partial charge is 0.490 e. The molecule has 1 N–H and O–H groups in total. The summed E-state index contributed by atoms with van der Waals surface area (Å²) in [6.45, 7) is 1.44. The van der Waals surface area contributed by atoms with Gasteiger partial charge < -0.3 is 14.5 Å². The predicted octanol–water partition coefficient (Wildman–Crippen LogP) is 0.587. The third kappa shape index (κ3) is 5.20. The molecule has 0 aromatic heterocycles. The van der Waals surface area contributed by atoms with Crippen molar-refractivity contribution in [2.75, 3.05) is 32.7 Å². The van der Waals surface area contributed by atoms with Gasteiger partial charge in [-0.05, 0) is 49.9 Å². The van der Waals surface area contributed by atoms with Crippen molar-refractivity contribution in [1.29, 1.82) is 0 Å². The van der Waals surface area contributed by atoms with E-state index in [1.807, 2.05) is 0 Å². The SMILES string of the molecule is O=CN1CCN(C(=O)CNS(=O)(=O)c2ccc(OC3CCCC3)cc2)CC1. The Kier molecular flexibility index (Phi) is 6.33. The first-order chi connectivity index (χ1) is 13.0. The Bertz CT molecular complexity index is 752. The highest BCUT2D eigenvalue weighted by Gasteiger charge is 2.23. The monoisotopic (exact) mass is 395 g/mol. The average molecular weight is 395 g/mol. The van der Waals surface area contributed by atoms with Gasteiger partial charge in [0.2, 0.25) is 22.3 Å². The second-order valence-electron chi connectivity index (χ2n) is 6.84. The second-order valence-corrected chi connectivity index (χ2v) is 8.61. The molecule has 1 saturated heterocycles. The number of nitrogens with zero attached hydrogens (tertiary/aromatic N) is 2. The van der Waals surface area contributed by atoms with Crippen LogP contribution in [0, 0.1) is 0 Å². The molecule has 3 rings (SSSR count). The molecule has 0 atom stereocenters. The Balaban J connectivity index is 1.51. The molecule has 27 heavy (non-hydrogen) atoms. The van der Waals surface area contributed by atoms with Gasteiger partial charge in [-0.15, -0.1) is 0 Å². The van der Waals surface area contributed by atoms with E-state index in [2.05, 4.69) is 4.72 Å². The van der Waals surface area contributed by atoms with Crippen LogP contribution in [0.3, 0.4) is 0 Å². The van der Waals surface area contributed by atoms with Gasteiger partial charge >= 0.3 is 0 Å². The zero-order chi connectivity index (χ0) is 19.3. The molecule has 1 aliphatic heterocycles. The minimum Gasteiger partial charge on any atom is -0.490 e. The lowest BCUT2D eigenvalue weighted by molar-refractivity contribution is -0.134. The number of amides is 2. The summed E-state index contributed by atoms with van der Waals surface area (Å²) in [5.74, 6) is 0.357. The number of carbonyl (C=O) groups is 2. The minimum absolute atomic E-state index is 0.0971. The maximum Gasteiger partial charge on any atom is 0.241 e. The summed E-state index contributed by atoms with van der Waals surface area (Å²) in [6.07, 6.45) is 5.36. The van der Waals surface area contributed by atoms with Crippen LogP contribution < -0.4 is 9.46 Å². The van der Waals surface area contributed by atoms with Crippen molar-refractivity contribution < 1.29 is 22.7 Å². The maximum absolute atomic E-state index is 12.4. The fraction of sp³-hybridized carbons (Fsp3) is 0.556. The number of piperazine rings is 1. The molecule has 148 valence electrons. The van der Waals surface area contributed by atoms with Crippen LogP contribution in [0.1, 0.15) is 25.7 Å². The Morgan fingerprint density at radius 3 is 2.33 bits per heavy atom. The van der Waals surface area contributed by atoms with Crippen molar-refractivity contribution in [3.05, 3.63) is 24.3 Å². The number of benzene rings is 1. The average Bonchev–Trinajstić information content (AvgIpc) is 3.20. The number of sulfonamides is 1. The molecule has 0 bridgehead atoms. The summed E-state index contributed by atoms with van der Waals surface area (Å²) < 4.78 is 33.0. The molecule has 9 heteroatoms. The molecule has 1 saturated carbocycles. The van der Waals surface area contributed by atoms with Gasteiger partial charge in [-0.1, -0.05) is 0 Å². The zero-order valence-electron chi connectivity index (χ0n) is 15.2. The van der Waals surface area contributed by atoms with Crippen molar-refractivity contribution in [2.45, 2.75) is 36.7 Å². The standard InChI is InChI=1S/C18H25N3O5S/c22-14-20-9-11-21(12-10-20)18(23)13-19-27(24,25)17-7-5-16(6-8-17)26-15-3-1-2-4-15/h5-8,14-15,19H,1-4,9-13H2. The van der Waals surface area contributed by atoms with Crippen molar-refractivity contribution in [2.24, 2.45) is 0 Å². The molecule has 2 fully saturated rings. The molecule has 1 aliphatic carbocycles. The van der Waals surface area contributed by atoms with E-state index >= 15 is 0 Å². The summed E-state index contributed by atoms with van der Waals surface area (Å²) in [7, 11) is -3.77. The van der Waals surface area contributed by atoms with Crippen LogP contribution in [0.25, 0.3) is 0 Å². The van der Waals surface area contributed by atoms with Gasteiger partial charge in [0.1, 0.15) is 5.75 Å². The van der Waals surface area contributed by atoms with Crippen LogP contribution in [-0.2, 0) is 19.6 Å².